The van der Waals surface area contributed by atoms with Crippen LogP contribution in [-0.2, 0) is 6.42 Å². The summed E-state index contributed by atoms with van der Waals surface area (Å²) in [5, 5.41) is 1.39. The molecule has 0 aliphatic heterocycles. The van der Waals surface area contributed by atoms with Gasteiger partial charge in [-0.3, -0.25) is 0 Å². The fourth-order valence-electron chi connectivity index (χ4n) is 2.15. The number of nitrogens with zero attached hydrogens (tertiary/aromatic N) is 1. The molecule has 1 aromatic carbocycles. The smallest absolute Gasteiger partial charge is 0.0459 e. The Balaban J connectivity index is 2.42. The lowest BCUT2D eigenvalue weighted by atomic mass is 10.1. The summed E-state index contributed by atoms with van der Waals surface area (Å²) in [7, 11) is 4.24. The normalized spacial score (nSPS) is 11.6. The number of fused-ring (bicyclic) bond motifs is 1. The first-order valence-corrected chi connectivity index (χ1v) is 5.80. The van der Waals surface area contributed by atoms with Crippen LogP contribution < -0.4 is 0 Å². The van der Waals surface area contributed by atoms with Crippen molar-refractivity contribution in [2.45, 2.75) is 20.3 Å². The highest BCUT2D eigenvalue weighted by Crippen LogP contribution is 2.23. The van der Waals surface area contributed by atoms with Crippen LogP contribution in [0.4, 0.5) is 0 Å². The lowest BCUT2D eigenvalue weighted by Crippen LogP contribution is -2.15. The zero-order chi connectivity index (χ0) is 11.7. The predicted molar refractivity (Wildman–Crippen MR) is 70.0 cm³/mol. The van der Waals surface area contributed by atoms with Crippen molar-refractivity contribution in [3.63, 3.8) is 0 Å². The van der Waals surface area contributed by atoms with E-state index in [1.54, 1.807) is 0 Å². The standard InChI is InChI=1S/C14H20N2/c1-10-5-6-14-13(9-10)12(11(2)15-14)7-8-16(3)4/h5-6,9,15H,7-8H2,1-4H3. The van der Waals surface area contributed by atoms with Crippen molar-refractivity contribution in [2.75, 3.05) is 20.6 Å². The van der Waals surface area contributed by atoms with Crippen LogP contribution in [0.2, 0.25) is 0 Å². The molecule has 0 aliphatic rings. The van der Waals surface area contributed by atoms with E-state index in [1.165, 1.54) is 27.7 Å². The van der Waals surface area contributed by atoms with Gasteiger partial charge in [-0.05, 0) is 52.1 Å². The van der Waals surface area contributed by atoms with Gasteiger partial charge in [0.15, 0.2) is 0 Å². The van der Waals surface area contributed by atoms with Crippen molar-refractivity contribution in [3.8, 4) is 0 Å². The average Bonchev–Trinajstić information content (AvgIpc) is 2.51. The van der Waals surface area contributed by atoms with Gasteiger partial charge < -0.3 is 9.88 Å². The fraction of sp³-hybridized carbons (Fsp3) is 0.429. The SMILES string of the molecule is Cc1ccc2[nH]c(C)c(CCN(C)C)c2c1. The van der Waals surface area contributed by atoms with E-state index in [2.05, 4.69) is 56.0 Å². The number of hydrogen-bond donors (Lipinski definition) is 1. The summed E-state index contributed by atoms with van der Waals surface area (Å²) in [5.41, 5.74) is 5.37. The monoisotopic (exact) mass is 216 g/mol. The Hall–Kier alpha value is -1.28. The van der Waals surface area contributed by atoms with Crippen LogP contribution in [0.25, 0.3) is 10.9 Å². The van der Waals surface area contributed by atoms with Gasteiger partial charge >= 0.3 is 0 Å². The number of H-pyrrole nitrogens is 1. The second kappa shape index (κ2) is 4.30. The Morgan fingerprint density at radius 3 is 2.62 bits per heavy atom. The Morgan fingerprint density at radius 2 is 1.94 bits per heavy atom. The molecule has 0 saturated carbocycles. The van der Waals surface area contributed by atoms with Gasteiger partial charge in [-0.1, -0.05) is 11.6 Å². The maximum atomic E-state index is 3.46. The zero-order valence-electron chi connectivity index (χ0n) is 10.6. The van der Waals surface area contributed by atoms with Gasteiger partial charge in [0.05, 0.1) is 0 Å². The Kier molecular flexibility index (Phi) is 3.01. The molecule has 0 saturated heterocycles. The molecule has 0 bridgehead atoms. The van der Waals surface area contributed by atoms with Crippen molar-refractivity contribution >= 4 is 10.9 Å². The lowest BCUT2D eigenvalue weighted by Gasteiger charge is -2.09. The first kappa shape index (κ1) is 11.2. The summed E-state index contributed by atoms with van der Waals surface area (Å²) < 4.78 is 0. The van der Waals surface area contributed by atoms with E-state index in [1.807, 2.05) is 0 Å². The molecule has 1 N–H and O–H groups in total. The summed E-state index contributed by atoms with van der Waals surface area (Å²) in [4.78, 5) is 5.69. The molecule has 0 atom stereocenters. The summed E-state index contributed by atoms with van der Waals surface area (Å²) in [6, 6.07) is 6.62. The van der Waals surface area contributed by atoms with Gasteiger partial charge in [0.25, 0.3) is 0 Å². The Morgan fingerprint density at radius 1 is 1.19 bits per heavy atom. The molecule has 0 aliphatic carbocycles. The van der Waals surface area contributed by atoms with Crippen LogP contribution in [0.15, 0.2) is 18.2 Å². The topological polar surface area (TPSA) is 19.0 Å². The summed E-state index contributed by atoms with van der Waals surface area (Å²) in [6.07, 6.45) is 1.11. The number of aryl methyl sites for hydroxylation is 2. The molecule has 2 nitrogen and oxygen atoms in total. The molecule has 86 valence electrons. The van der Waals surface area contributed by atoms with Crippen LogP contribution in [0.5, 0.6) is 0 Å². The maximum absolute atomic E-state index is 3.46. The number of likely N-dealkylation sites (N-methyl/N-ethyl adjacent to an activating group) is 1. The number of rotatable bonds is 3. The zero-order valence-corrected chi connectivity index (χ0v) is 10.6. The molecule has 0 amide bonds. The minimum absolute atomic E-state index is 1.10. The molecule has 0 radical (unpaired) electrons. The molecule has 0 spiro atoms. The van der Waals surface area contributed by atoms with Gasteiger partial charge in [0, 0.05) is 23.1 Å². The third kappa shape index (κ3) is 2.12. The first-order valence-electron chi connectivity index (χ1n) is 5.80. The van der Waals surface area contributed by atoms with Crippen LogP contribution in [0.3, 0.4) is 0 Å². The summed E-state index contributed by atoms with van der Waals surface area (Å²) >= 11 is 0. The Labute approximate surface area is 97.3 Å². The third-order valence-corrected chi connectivity index (χ3v) is 3.08. The van der Waals surface area contributed by atoms with E-state index in [0.717, 1.165) is 13.0 Å². The van der Waals surface area contributed by atoms with Gasteiger partial charge in [0.1, 0.15) is 0 Å². The van der Waals surface area contributed by atoms with E-state index < -0.39 is 0 Å². The number of nitrogens with one attached hydrogen (secondary N) is 1. The van der Waals surface area contributed by atoms with E-state index in [-0.39, 0.29) is 0 Å². The van der Waals surface area contributed by atoms with Crippen molar-refractivity contribution in [1.82, 2.24) is 9.88 Å². The van der Waals surface area contributed by atoms with Crippen LogP contribution in [0.1, 0.15) is 16.8 Å². The molecular weight excluding hydrogens is 196 g/mol. The van der Waals surface area contributed by atoms with Gasteiger partial charge in [-0.2, -0.15) is 0 Å². The molecule has 16 heavy (non-hydrogen) atoms. The molecular formula is C14H20N2. The average molecular weight is 216 g/mol. The molecule has 1 aromatic heterocycles. The van der Waals surface area contributed by atoms with Crippen molar-refractivity contribution in [2.24, 2.45) is 0 Å². The maximum Gasteiger partial charge on any atom is 0.0459 e. The second-order valence-electron chi connectivity index (χ2n) is 4.83. The van der Waals surface area contributed by atoms with Crippen molar-refractivity contribution in [1.29, 1.82) is 0 Å². The van der Waals surface area contributed by atoms with Crippen LogP contribution >= 0.6 is 0 Å². The molecule has 2 aromatic rings. The summed E-state index contributed by atoms with van der Waals surface area (Å²) in [5.74, 6) is 0. The van der Waals surface area contributed by atoms with E-state index in [4.69, 9.17) is 0 Å². The highest BCUT2D eigenvalue weighted by Gasteiger charge is 2.08. The van der Waals surface area contributed by atoms with Crippen LogP contribution in [-0.4, -0.2) is 30.5 Å². The molecule has 2 heteroatoms. The molecule has 2 rings (SSSR count). The van der Waals surface area contributed by atoms with Gasteiger partial charge in [0.2, 0.25) is 0 Å². The van der Waals surface area contributed by atoms with Crippen molar-refractivity contribution in [3.05, 3.63) is 35.0 Å². The highest BCUT2D eigenvalue weighted by atomic mass is 15.0. The van der Waals surface area contributed by atoms with E-state index in [9.17, 15) is 0 Å². The number of aromatic amines is 1. The predicted octanol–water partition coefficient (Wildman–Crippen LogP) is 2.89. The van der Waals surface area contributed by atoms with Gasteiger partial charge in [-0.25, -0.2) is 0 Å². The Bertz CT molecular complexity index is 495. The van der Waals surface area contributed by atoms with E-state index >= 15 is 0 Å². The number of aromatic nitrogens is 1. The lowest BCUT2D eigenvalue weighted by molar-refractivity contribution is 0.414. The minimum atomic E-state index is 1.10. The van der Waals surface area contributed by atoms with Crippen LogP contribution in [0, 0.1) is 13.8 Å². The van der Waals surface area contributed by atoms with Gasteiger partial charge in [-0.15, -0.1) is 0 Å². The fourth-order valence-corrected chi connectivity index (χ4v) is 2.15. The molecule has 0 unspecified atom stereocenters. The molecule has 0 fully saturated rings. The van der Waals surface area contributed by atoms with Crippen molar-refractivity contribution < 1.29 is 0 Å². The number of hydrogen-bond acceptors (Lipinski definition) is 1. The second-order valence-corrected chi connectivity index (χ2v) is 4.83. The minimum Gasteiger partial charge on any atom is -0.358 e. The quantitative estimate of drug-likeness (QED) is 0.836. The molecule has 1 heterocycles. The highest BCUT2D eigenvalue weighted by molar-refractivity contribution is 5.85. The third-order valence-electron chi connectivity index (χ3n) is 3.08. The number of benzene rings is 1. The van der Waals surface area contributed by atoms with E-state index in [0.29, 0.717) is 0 Å². The first-order chi connectivity index (χ1) is 7.58. The summed E-state index contributed by atoms with van der Waals surface area (Å²) in [6.45, 7) is 5.42. The largest absolute Gasteiger partial charge is 0.358 e.